The van der Waals surface area contributed by atoms with Crippen LogP contribution in [0, 0.1) is 5.82 Å². The number of hydrogen-bond acceptors (Lipinski definition) is 3. The standard InChI is InChI=1S/C15H15ClFNO2S/c1-20-14(10-5-6-21-9-10)8-18-15(19)7-11-12(16)3-2-4-13(11)17/h2-6,9,14H,7-8H2,1H3,(H,18,19)/t14-/m0/s1. The van der Waals surface area contributed by atoms with Crippen molar-refractivity contribution in [3.63, 3.8) is 0 Å². The molecule has 1 N–H and O–H groups in total. The molecule has 0 saturated carbocycles. The molecule has 1 atom stereocenters. The van der Waals surface area contributed by atoms with Crippen molar-refractivity contribution in [1.82, 2.24) is 5.32 Å². The predicted octanol–water partition coefficient (Wildman–Crippen LogP) is 3.59. The van der Waals surface area contributed by atoms with E-state index in [0.29, 0.717) is 6.54 Å². The third kappa shape index (κ3) is 4.27. The molecule has 1 amide bonds. The second kappa shape index (κ2) is 7.54. The number of carbonyl (C=O) groups excluding carboxylic acids is 1. The van der Waals surface area contributed by atoms with E-state index < -0.39 is 5.82 Å². The van der Waals surface area contributed by atoms with Crippen LogP contribution >= 0.6 is 22.9 Å². The Bertz CT molecular complexity index is 583. The van der Waals surface area contributed by atoms with Gasteiger partial charge in [0.25, 0.3) is 0 Å². The van der Waals surface area contributed by atoms with Crippen LogP contribution in [0.5, 0.6) is 0 Å². The van der Waals surface area contributed by atoms with E-state index in [-0.39, 0.29) is 29.0 Å². The lowest BCUT2D eigenvalue weighted by atomic mass is 10.1. The Morgan fingerprint density at radius 2 is 2.29 bits per heavy atom. The Labute approximate surface area is 131 Å². The SMILES string of the molecule is CO[C@@H](CNC(=O)Cc1c(F)cccc1Cl)c1ccsc1. The van der Waals surface area contributed by atoms with Gasteiger partial charge < -0.3 is 10.1 Å². The molecular formula is C15H15ClFNO2S. The van der Waals surface area contributed by atoms with Crippen molar-refractivity contribution in [3.8, 4) is 0 Å². The highest BCUT2D eigenvalue weighted by atomic mass is 35.5. The molecule has 1 aromatic carbocycles. The zero-order chi connectivity index (χ0) is 15.2. The van der Waals surface area contributed by atoms with Crippen LogP contribution in [0.4, 0.5) is 4.39 Å². The van der Waals surface area contributed by atoms with E-state index in [1.54, 1.807) is 24.5 Å². The first-order valence-electron chi connectivity index (χ1n) is 6.36. The van der Waals surface area contributed by atoms with Gasteiger partial charge in [-0.25, -0.2) is 4.39 Å². The number of ether oxygens (including phenoxy) is 1. The van der Waals surface area contributed by atoms with Crippen LogP contribution in [0.15, 0.2) is 35.0 Å². The normalized spacial score (nSPS) is 12.1. The van der Waals surface area contributed by atoms with Crippen molar-refractivity contribution in [1.29, 1.82) is 0 Å². The summed E-state index contributed by atoms with van der Waals surface area (Å²) < 4.78 is 18.9. The molecule has 0 aliphatic rings. The number of halogens is 2. The average molecular weight is 328 g/mol. The fourth-order valence-corrected chi connectivity index (χ4v) is 2.86. The summed E-state index contributed by atoms with van der Waals surface area (Å²) in [5.74, 6) is -0.766. The van der Waals surface area contributed by atoms with Crippen molar-refractivity contribution >= 4 is 28.8 Å². The van der Waals surface area contributed by atoms with E-state index in [0.717, 1.165) is 5.56 Å². The van der Waals surface area contributed by atoms with Gasteiger partial charge in [0, 0.05) is 24.2 Å². The second-order valence-electron chi connectivity index (χ2n) is 4.46. The number of hydrogen-bond donors (Lipinski definition) is 1. The summed E-state index contributed by atoms with van der Waals surface area (Å²) >= 11 is 7.47. The Hall–Kier alpha value is -1.43. The highest BCUT2D eigenvalue weighted by molar-refractivity contribution is 7.07. The van der Waals surface area contributed by atoms with E-state index in [9.17, 15) is 9.18 Å². The smallest absolute Gasteiger partial charge is 0.224 e. The van der Waals surface area contributed by atoms with E-state index in [2.05, 4.69) is 5.32 Å². The van der Waals surface area contributed by atoms with Gasteiger partial charge in [0.15, 0.2) is 0 Å². The van der Waals surface area contributed by atoms with E-state index in [1.807, 2.05) is 16.8 Å². The summed E-state index contributed by atoms with van der Waals surface area (Å²) in [6.45, 7) is 0.331. The van der Waals surface area contributed by atoms with Gasteiger partial charge in [-0.05, 0) is 34.5 Å². The summed E-state index contributed by atoms with van der Waals surface area (Å²) in [5, 5.41) is 6.91. The summed E-state index contributed by atoms with van der Waals surface area (Å²) in [7, 11) is 1.59. The summed E-state index contributed by atoms with van der Waals surface area (Å²) in [6.07, 6.45) is -0.303. The maximum absolute atomic E-state index is 13.6. The van der Waals surface area contributed by atoms with Gasteiger partial charge in [0.05, 0.1) is 6.42 Å². The molecule has 0 spiro atoms. The predicted molar refractivity (Wildman–Crippen MR) is 82.2 cm³/mol. The third-order valence-corrected chi connectivity index (χ3v) is 4.14. The minimum Gasteiger partial charge on any atom is -0.375 e. The Morgan fingerprint density at radius 1 is 1.48 bits per heavy atom. The first-order chi connectivity index (χ1) is 10.1. The number of thiophene rings is 1. The lowest BCUT2D eigenvalue weighted by Crippen LogP contribution is -2.30. The lowest BCUT2D eigenvalue weighted by molar-refractivity contribution is -0.121. The number of amides is 1. The second-order valence-corrected chi connectivity index (χ2v) is 5.65. The summed E-state index contributed by atoms with van der Waals surface area (Å²) in [5.41, 5.74) is 1.22. The van der Waals surface area contributed by atoms with Gasteiger partial charge in [-0.1, -0.05) is 17.7 Å². The van der Waals surface area contributed by atoms with Crippen molar-refractivity contribution in [2.45, 2.75) is 12.5 Å². The first kappa shape index (κ1) is 15.9. The molecule has 0 saturated heterocycles. The summed E-state index contributed by atoms with van der Waals surface area (Å²) in [4.78, 5) is 11.9. The molecule has 0 bridgehead atoms. The molecule has 21 heavy (non-hydrogen) atoms. The molecule has 1 heterocycles. The Balaban J connectivity index is 1.93. The number of nitrogens with one attached hydrogen (secondary N) is 1. The summed E-state index contributed by atoms with van der Waals surface area (Å²) in [6, 6.07) is 6.31. The van der Waals surface area contributed by atoms with Crippen molar-refractivity contribution in [3.05, 3.63) is 57.0 Å². The Kier molecular flexibility index (Phi) is 5.73. The van der Waals surface area contributed by atoms with Crippen LogP contribution in [0.1, 0.15) is 17.2 Å². The molecule has 6 heteroatoms. The number of methoxy groups -OCH3 is 1. The van der Waals surface area contributed by atoms with Crippen LogP contribution in [0.2, 0.25) is 5.02 Å². The van der Waals surface area contributed by atoms with Crippen LogP contribution in [-0.4, -0.2) is 19.6 Å². The molecule has 0 aliphatic heterocycles. The number of carbonyl (C=O) groups is 1. The van der Waals surface area contributed by atoms with Crippen molar-refractivity contribution in [2.75, 3.05) is 13.7 Å². The molecule has 2 rings (SSSR count). The zero-order valence-electron chi connectivity index (χ0n) is 11.4. The van der Waals surface area contributed by atoms with Gasteiger partial charge >= 0.3 is 0 Å². The quantitative estimate of drug-likeness (QED) is 0.880. The topological polar surface area (TPSA) is 38.3 Å². The highest BCUT2D eigenvalue weighted by Crippen LogP contribution is 2.20. The van der Waals surface area contributed by atoms with Crippen LogP contribution < -0.4 is 5.32 Å². The molecule has 0 fully saturated rings. The van der Waals surface area contributed by atoms with Crippen LogP contribution in [0.3, 0.4) is 0 Å². The van der Waals surface area contributed by atoms with Gasteiger partial charge in [0.2, 0.25) is 5.91 Å². The number of rotatable bonds is 6. The first-order valence-corrected chi connectivity index (χ1v) is 7.68. The molecule has 112 valence electrons. The number of benzene rings is 1. The van der Waals surface area contributed by atoms with Crippen molar-refractivity contribution < 1.29 is 13.9 Å². The Morgan fingerprint density at radius 3 is 2.90 bits per heavy atom. The van der Waals surface area contributed by atoms with Gasteiger partial charge in [-0.3, -0.25) is 4.79 Å². The van der Waals surface area contributed by atoms with Gasteiger partial charge in [-0.15, -0.1) is 0 Å². The molecule has 0 unspecified atom stereocenters. The minimum atomic E-state index is -0.473. The molecule has 0 radical (unpaired) electrons. The van der Waals surface area contributed by atoms with Crippen LogP contribution in [-0.2, 0) is 16.0 Å². The van der Waals surface area contributed by atoms with Crippen molar-refractivity contribution in [2.24, 2.45) is 0 Å². The molecular weight excluding hydrogens is 313 g/mol. The fourth-order valence-electron chi connectivity index (χ4n) is 1.93. The van der Waals surface area contributed by atoms with E-state index in [1.165, 1.54) is 12.1 Å². The van der Waals surface area contributed by atoms with Crippen LogP contribution in [0.25, 0.3) is 0 Å². The molecule has 1 aromatic heterocycles. The maximum atomic E-state index is 13.6. The zero-order valence-corrected chi connectivity index (χ0v) is 13.0. The molecule has 2 aromatic rings. The van der Waals surface area contributed by atoms with E-state index >= 15 is 0 Å². The highest BCUT2D eigenvalue weighted by Gasteiger charge is 2.15. The third-order valence-electron chi connectivity index (χ3n) is 3.08. The fraction of sp³-hybridized carbons (Fsp3) is 0.267. The van der Waals surface area contributed by atoms with Gasteiger partial charge in [0.1, 0.15) is 11.9 Å². The average Bonchev–Trinajstić information content (AvgIpc) is 2.98. The van der Waals surface area contributed by atoms with E-state index in [4.69, 9.17) is 16.3 Å². The molecule has 0 aliphatic carbocycles. The minimum absolute atomic E-state index is 0.0917. The monoisotopic (exact) mass is 327 g/mol. The maximum Gasteiger partial charge on any atom is 0.224 e. The largest absolute Gasteiger partial charge is 0.375 e. The molecule has 3 nitrogen and oxygen atoms in total. The lowest BCUT2D eigenvalue weighted by Gasteiger charge is -2.15. The van der Waals surface area contributed by atoms with Gasteiger partial charge in [-0.2, -0.15) is 11.3 Å².